The van der Waals surface area contributed by atoms with E-state index in [0.717, 1.165) is 18.8 Å². The molecule has 0 amide bonds. The van der Waals surface area contributed by atoms with Gasteiger partial charge in [0.1, 0.15) is 0 Å². The largest absolute Gasteiger partial charge is 0.390 e. The van der Waals surface area contributed by atoms with Crippen LogP contribution in [0.25, 0.3) is 0 Å². The molecule has 0 heterocycles. The lowest BCUT2D eigenvalue weighted by molar-refractivity contribution is 0.0190. The van der Waals surface area contributed by atoms with Crippen molar-refractivity contribution in [3.05, 3.63) is 0 Å². The fourth-order valence-electron chi connectivity index (χ4n) is 3.44. The summed E-state index contributed by atoms with van der Waals surface area (Å²) >= 11 is 0. The predicted molar refractivity (Wildman–Crippen MR) is 75.1 cm³/mol. The van der Waals surface area contributed by atoms with Crippen molar-refractivity contribution >= 4 is 0 Å². The first-order chi connectivity index (χ1) is 8.03. The predicted octanol–water partition coefficient (Wildman–Crippen LogP) is 4.92. The zero-order valence-electron chi connectivity index (χ0n) is 12.2. The quantitative estimate of drug-likeness (QED) is 0.669. The molecule has 0 spiro atoms. The molecule has 2 unspecified atom stereocenters. The van der Waals surface area contributed by atoms with Crippen LogP contribution in [-0.2, 0) is 0 Å². The molecular formula is C16H32O. The Morgan fingerprint density at radius 2 is 1.88 bits per heavy atom. The Labute approximate surface area is 108 Å². The van der Waals surface area contributed by atoms with Gasteiger partial charge in [0.2, 0.25) is 0 Å². The van der Waals surface area contributed by atoms with Gasteiger partial charge in [0.05, 0.1) is 5.60 Å². The maximum Gasteiger partial charge on any atom is 0.0622 e. The molecule has 0 aliphatic heterocycles. The molecule has 0 aromatic heterocycles. The molecule has 0 bridgehead atoms. The summed E-state index contributed by atoms with van der Waals surface area (Å²) in [5, 5.41) is 10.4. The van der Waals surface area contributed by atoms with Crippen molar-refractivity contribution in [2.45, 2.75) is 90.6 Å². The van der Waals surface area contributed by atoms with Crippen LogP contribution in [0.3, 0.4) is 0 Å². The highest BCUT2D eigenvalue weighted by molar-refractivity contribution is 4.78. The molecule has 1 nitrogen and oxygen atoms in total. The molecule has 0 aromatic carbocycles. The van der Waals surface area contributed by atoms with Crippen LogP contribution in [0.5, 0.6) is 0 Å². The third-order valence-electron chi connectivity index (χ3n) is 4.39. The van der Waals surface area contributed by atoms with Gasteiger partial charge in [0, 0.05) is 0 Å². The zero-order valence-corrected chi connectivity index (χ0v) is 12.2. The lowest BCUT2D eigenvalue weighted by Crippen LogP contribution is -2.28. The maximum atomic E-state index is 10.4. The van der Waals surface area contributed by atoms with Gasteiger partial charge in [-0.2, -0.15) is 0 Å². The Hall–Kier alpha value is -0.0400. The van der Waals surface area contributed by atoms with Crippen LogP contribution >= 0.6 is 0 Å². The lowest BCUT2D eigenvalue weighted by atomic mass is 9.81. The Morgan fingerprint density at radius 1 is 1.24 bits per heavy atom. The van der Waals surface area contributed by atoms with E-state index in [0.29, 0.717) is 5.92 Å². The Kier molecular flexibility index (Phi) is 6.54. The molecule has 1 N–H and O–H groups in total. The highest BCUT2D eigenvalue weighted by Crippen LogP contribution is 2.32. The summed E-state index contributed by atoms with van der Waals surface area (Å²) in [5.74, 6) is 1.57. The average molecular weight is 240 g/mol. The molecular weight excluding hydrogens is 208 g/mol. The molecule has 102 valence electrons. The number of rotatable bonds is 7. The van der Waals surface area contributed by atoms with E-state index in [4.69, 9.17) is 0 Å². The SMILES string of the molecule is CCCC(C)CC(C)(O)CCC1CCCCC1. The molecule has 17 heavy (non-hydrogen) atoms. The topological polar surface area (TPSA) is 20.2 Å². The normalized spacial score (nSPS) is 23.3. The minimum Gasteiger partial charge on any atom is -0.390 e. The van der Waals surface area contributed by atoms with Gasteiger partial charge in [-0.15, -0.1) is 0 Å². The molecule has 1 aliphatic carbocycles. The van der Waals surface area contributed by atoms with Crippen molar-refractivity contribution < 1.29 is 5.11 Å². The van der Waals surface area contributed by atoms with Crippen molar-refractivity contribution in [3.8, 4) is 0 Å². The Bertz CT molecular complexity index is 192. The molecule has 1 aliphatic rings. The molecule has 1 fully saturated rings. The van der Waals surface area contributed by atoms with E-state index in [2.05, 4.69) is 13.8 Å². The second-order valence-corrected chi connectivity index (χ2v) is 6.64. The van der Waals surface area contributed by atoms with Gasteiger partial charge in [0.25, 0.3) is 0 Å². The van der Waals surface area contributed by atoms with E-state index in [1.165, 1.54) is 51.4 Å². The van der Waals surface area contributed by atoms with Gasteiger partial charge in [-0.05, 0) is 38.0 Å². The van der Waals surface area contributed by atoms with E-state index in [1.54, 1.807) is 0 Å². The van der Waals surface area contributed by atoms with E-state index in [9.17, 15) is 5.11 Å². The molecule has 0 aromatic rings. The van der Waals surface area contributed by atoms with Gasteiger partial charge in [-0.25, -0.2) is 0 Å². The van der Waals surface area contributed by atoms with Crippen LogP contribution in [0.1, 0.15) is 85.0 Å². The third-order valence-corrected chi connectivity index (χ3v) is 4.39. The van der Waals surface area contributed by atoms with Crippen molar-refractivity contribution in [2.75, 3.05) is 0 Å². The second-order valence-electron chi connectivity index (χ2n) is 6.64. The summed E-state index contributed by atoms with van der Waals surface area (Å²) in [6, 6.07) is 0. The van der Waals surface area contributed by atoms with Crippen molar-refractivity contribution in [1.29, 1.82) is 0 Å². The monoisotopic (exact) mass is 240 g/mol. The minimum atomic E-state index is -0.425. The average Bonchev–Trinajstić information content (AvgIpc) is 2.27. The summed E-state index contributed by atoms with van der Waals surface area (Å²) in [6.45, 7) is 6.55. The molecule has 0 saturated heterocycles. The maximum absolute atomic E-state index is 10.4. The van der Waals surface area contributed by atoms with Crippen molar-refractivity contribution in [3.63, 3.8) is 0 Å². The first kappa shape index (κ1) is 15.0. The van der Waals surface area contributed by atoms with Gasteiger partial charge in [0.15, 0.2) is 0 Å². The Morgan fingerprint density at radius 3 is 2.47 bits per heavy atom. The zero-order chi connectivity index (χ0) is 12.7. The van der Waals surface area contributed by atoms with Crippen LogP contribution in [0.15, 0.2) is 0 Å². The minimum absolute atomic E-state index is 0.425. The summed E-state index contributed by atoms with van der Waals surface area (Å²) < 4.78 is 0. The van der Waals surface area contributed by atoms with Crippen molar-refractivity contribution in [2.24, 2.45) is 11.8 Å². The lowest BCUT2D eigenvalue weighted by Gasteiger charge is -2.30. The van der Waals surface area contributed by atoms with Gasteiger partial charge < -0.3 is 5.11 Å². The van der Waals surface area contributed by atoms with Gasteiger partial charge in [-0.1, -0.05) is 58.8 Å². The number of hydrogen-bond donors (Lipinski definition) is 1. The first-order valence-corrected chi connectivity index (χ1v) is 7.76. The molecule has 0 radical (unpaired) electrons. The summed E-state index contributed by atoms with van der Waals surface area (Å²) in [4.78, 5) is 0. The highest BCUT2D eigenvalue weighted by Gasteiger charge is 2.25. The molecule has 1 rings (SSSR count). The van der Waals surface area contributed by atoms with E-state index in [1.807, 2.05) is 6.92 Å². The van der Waals surface area contributed by atoms with E-state index in [-0.39, 0.29) is 0 Å². The van der Waals surface area contributed by atoms with Crippen molar-refractivity contribution in [1.82, 2.24) is 0 Å². The summed E-state index contributed by atoms with van der Waals surface area (Å²) in [7, 11) is 0. The number of hydrogen-bond acceptors (Lipinski definition) is 1. The first-order valence-electron chi connectivity index (χ1n) is 7.76. The standard InChI is InChI=1S/C16H32O/c1-4-8-14(2)13-16(3,17)12-11-15-9-6-5-7-10-15/h14-15,17H,4-13H2,1-3H3. The summed E-state index contributed by atoms with van der Waals surface area (Å²) in [6.07, 6.45) is 12.8. The Balaban J connectivity index is 2.22. The fourth-order valence-corrected chi connectivity index (χ4v) is 3.44. The van der Waals surface area contributed by atoms with Crippen LogP contribution in [0.2, 0.25) is 0 Å². The van der Waals surface area contributed by atoms with Crippen LogP contribution in [0, 0.1) is 11.8 Å². The molecule has 2 atom stereocenters. The molecule has 1 saturated carbocycles. The smallest absolute Gasteiger partial charge is 0.0622 e. The second kappa shape index (κ2) is 7.41. The van der Waals surface area contributed by atoms with E-state index < -0.39 is 5.60 Å². The van der Waals surface area contributed by atoms with Gasteiger partial charge in [-0.3, -0.25) is 0 Å². The van der Waals surface area contributed by atoms with Crippen LogP contribution < -0.4 is 0 Å². The van der Waals surface area contributed by atoms with Crippen LogP contribution in [-0.4, -0.2) is 10.7 Å². The highest BCUT2D eigenvalue weighted by atomic mass is 16.3. The summed E-state index contributed by atoms with van der Waals surface area (Å²) in [5.41, 5.74) is -0.425. The van der Waals surface area contributed by atoms with E-state index >= 15 is 0 Å². The van der Waals surface area contributed by atoms with Gasteiger partial charge >= 0.3 is 0 Å². The number of aliphatic hydroxyl groups is 1. The third kappa shape index (κ3) is 6.45. The molecule has 1 heteroatoms. The fraction of sp³-hybridized carbons (Fsp3) is 1.00. The van der Waals surface area contributed by atoms with Crippen LogP contribution in [0.4, 0.5) is 0 Å².